The van der Waals surface area contributed by atoms with Gasteiger partial charge in [0.2, 0.25) is 5.91 Å². The number of hydrogen-bond acceptors (Lipinski definition) is 3. The highest BCUT2D eigenvalue weighted by molar-refractivity contribution is 5.81. The van der Waals surface area contributed by atoms with Gasteiger partial charge in [-0.3, -0.25) is 9.69 Å². The largest absolute Gasteiger partial charge is 0.342 e. The number of carbonyl (C=O) groups is 1. The van der Waals surface area contributed by atoms with Gasteiger partial charge in [0.15, 0.2) is 0 Å². The molecule has 4 nitrogen and oxygen atoms in total. The van der Waals surface area contributed by atoms with Crippen molar-refractivity contribution in [3.8, 4) is 0 Å². The van der Waals surface area contributed by atoms with Gasteiger partial charge in [0.05, 0.1) is 6.04 Å². The van der Waals surface area contributed by atoms with E-state index in [0.29, 0.717) is 12.1 Å². The van der Waals surface area contributed by atoms with Gasteiger partial charge < -0.3 is 10.2 Å². The second-order valence-electron chi connectivity index (χ2n) is 6.31. The normalized spacial score (nSPS) is 24.1. The van der Waals surface area contributed by atoms with E-state index in [2.05, 4.69) is 45.0 Å². The maximum absolute atomic E-state index is 12.5. The predicted molar refractivity (Wildman–Crippen MR) is 89.5 cm³/mol. The van der Waals surface area contributed by atoms with E-state index < -0.39 is 0 Å². The van der Waals surface area contributed by atoms with Crippen LogP contribution < -0.4 is 5.32 Å². The molecule has 1 N–H and O–H groups in total. The maximum atomic E-state index is 12.5. The highest BCUT2D eigenvalue weighted by Crippen LogP contribution is 2.24. The van der Waals surface area contributed by atoms with E-state index in [0.717, 1.165) is 19.6 Å². The maximum Gasteiger partial charge on any atom is 0.239 e. The van der Waals surface area contributed by atoms with Crippen molar-refractivity contribution in [2.75, 3.05) is 26.7 Å². The Morgan fingerprint density at radius 2 is 1.71 bits per heavy atom. The fourth-order valence-electron chi connectivity index (χ4n) is 3.33. The Balaban J connectivity index is 2.45. The Morgan fingerprint density at radius 1 is 1.14 bits per heavy atom. The van der Waals surface area contributed by atoms with Gasteiger partial charge >= 0.3 is 0 Å². The van der Waals surface area contributed by atoms with E-state index in [9.17, 15) is 4.79 Å². The summed E-state index contributed by atoms with van der Waals surface area (Å²) in [5.41, 5.74) is 0. The first kappa shape index (κ1) is 18.4. The number of likely N-dealkylation sites (N-methyl/N-ethyl adjacent to an activating group) is 2. The van der Waals surface area contributed by atoms with Crippen LogP contribution in [0.5, 0.6) is 0 Å². The third-order valence-corrected chi connectivity index (χ3v) is 5.00. The number of rotatable bonds is 8. The molecule has 0 saturated heterocycles. The van der Waals surface area contributed by atoms with Gasteiger partial charge in [-0.05, 0) is 66.5 Å². The van der Waals surface area contributed by atoms with Gasteiger partial charge in [-0.25, -0.2) is 0 Å². The zero-order valence-electron chi connectivity index (χ0n) is 14.7. The van der Waals surface area contributed by atoms with Crippen LogP contribution in [0.15, 0.2) is 0 Å². The van der Waals surface area contributed by atoms with E-state index in [1.54, 1.807) is 0 Å². The molecule has 1 amide bonds. The molecule has 0 aliphatic heterocycles. The van der Waals surface area contributed by atoms with Crippen molar-refractivity contribution in [2.24, 2.45) is 0 Å². The second kappa shape index (κ2) is 9.42. The van der Waals surface area contributed by atoms with Crippen molar-refractivity contribution < 1.29 is 4.79 Å². The van der Waals surface area contributed by atoms with E-state index >= 15 is 0 Å². The number of carbonyl (C=O) groups excluding carboxylic acids is 1. The quantitative estimate of drug-likeness (QED) is 0.747. The zero-order valence-corrected chi connectivity index (χ0v) is 14.7. The molecule has 124 valence electrons. The molecule has 0 aromatic rings. The lowest BCUT2D eigenvalue weighted by Gasteiger charge is -2.38. The molecule has 1 aliphatic rings. The molecule has 0 aromatic heterocycles. The summed E-state index contributed by atoms with van der Waals surface area (Å²) >= 11 is 0. The SMILES string of the molecule is CCCNC1CCC(N(C)C(C)C(=O)N(CC)CC)CC1. The molecule has 0 spiro atoms. The third kappa shape index (κ3) is 5.26. The first-order chi connectivity index (χ1) is 10.0. The van der Waals surface area contributed by atoms with Gasteiger partial charge in [0.1, 0.15) is 0 Å². The molecule has 0 aromatic carbocycles. The molecular formula is C17H35N3O. The summed E-state index contributed by atoms with van der Waals surface area (Å²) in [6, 6.07) is 1.23. The van der Waals surface area contributed by atoms with Gasteiger partial charge in [0.25, 0.3) is 0 Å². The van der Waals surface area contributed by atoms with Crippen LogP contribution in [-0.2, 0) is 4.79 Å². The second-order valence-corrected chi connectivity index (χ2v) is 6.31. The minimum absolute atomic E-state index is 0.00458. The molecular weight excluding hydrogens is 262 g/mol. The Bertz CT molecular complexity index is 296. The van der Waals surface area contributed by atoms with Crippen LogP contribution >= 0.6 is 0 Å². The lowest BCUT2D eigenvalue weighted by molar-refractivity contribution is -0.136. The molecule has 4 heteroatoms. The molecule has 0 bridgehead atoms. The summed E-state index contributed by atoms with van der Waals surface area (Å²) in [5, 5.41) is 3.63. The van der Waals surface area contributed by atoms with Crippen molar-refractivity contribution in [1.82, 2.24) is 15.1 Å². The first-order valence-electron chi connectivity index (χ1n) is 8.79. The van der Waals surface area contributed by atoms with Crippen LogP contribution in [0.25, 0.3) is 0 Å². The standard InChI is InChI=1S/C17H35N3O/c1-6-13-18-15-9-11-16(12-10-15)19(5)14(4)17(21)20(7-2)8-3/h14-16,18H,6-13H2,1-5H3. The van der Waals surface area contributed by atoms with Crippen LogP contribution in [0.2, 0.25) is 0 Å². The van der Waals surface area contributed by atoms with E-state index in [-0.39, 0.29) is 11.9 Å². The van der Waals surface area contributed by atoms with Crippen molar-refractivity contribution in [3.05, 3.63) is 0 Å². The molecule has 21 heavy (non-hydrogen) atoms. The lowest BCUT2D eigenvalue weighted by Crippen LogP contribution is -2.51. The highest BCUT2D eigenvalue weighted by Gasteiger charge is 2.30. The number of nitrogens with one attached hydrogen (secondary N) is 1. The van der Waals surface area contributed by atoms with Crippen molar-refractivity contribution in [2.45, 2.75) is 77.9 Å². The lowest BCUT2D eigenvalue weighted by atomic mass is 9.89. The topological polar surface area (TPSA) is 35.6 Å². The molecule has 1 unspecified atom stereocenters. The van der Waals surface area contributed by atoms with E-state index in [1.807, 2.05) is 4.90 Å². The fraction of sp³-hybridized carbons (Fsp3) is 0.941. The van der Waals surface area contributed by atoms with Crippen LogP contribution in [0.1, 0.15) is 59.8 Å². The Morgan fingerprint density at radius 3 is 2.19 bits per heavy atom. The Hall–Kier alpha value is -0.610. The molecule has 1 fully saturated rings. The molecule has 1 atom stereocenters. The van der Waals surface area contributed by atoms with Crippen LogP contribution in [-0.4, -0.2) is 60.5 Å². The average Bonchev–Trinajstić information content (AvgIpc) is 2.53. The number of hydrogen-bond donors (Lipinski definition) is 1. The van der Waals surface area contributed by atoms with Gasteiger partial charge in [0, 0.05) is 25.2 Å². The summed E-state index contributed by atoms with van der Waals surface area (Å²) in [6.45, 7) is 11.1. The molecule has 1 saturated carbocycles. The predicted octanol–water partition coefficient (Wildman–Crippen LogP) is 2.49. The van der Waals surface area contributed by atoms with Gasteiger partial charge in [-0.15, -0.1) is 0 Å². The number of nitrogens with zero attached hydrogens (tertiary/aromatic N) is 2. The highest BCUT2D eigenvalue weighted by atomic mass is 16.2. The minimum atomic E-state index is -0.00458. The summed E-state index contributed by atoms with van der Waals surface area (Å²) in [5.74, 6) is 0.272. The summed E-state index contributed by atoms with van der Waals surface area (Å²) < 4.78 is 0. The van der Waals surface area contributed by atoms with Gasteiger partial charge in [-0.1, -0.05) is 6.92 Å². The van der Waals surface area contributed by atoms with Gasteiger partial charge in [-0.2, -0.15) is 0 Å². The molecule has 1 rings (SSSR count). The van der Waals surface area contributed by atoms with Crippen LogP contribution in [0, 0.1) is 0 Å². The fourth-order valence-corrected chi connectivity index (χ4v) is 3.33. The molecule has 0 radical (unpaired) electrons. The molecule has 0 heterocycles. The number of amides is 1. The minimum Gasteiger partial charge on any atom is -0.342 e. The first-order valence-corrected chi connectivity index (χ1v) is 8.79. The van der Waals surface area contributed by atoms with Crippen molar-refractivity contribution >= 4 is 5.91 Å². The average molecular weight is 297 g/mol. The summed E-state index contributed by atoms with van der Waals surface area (Å²) in [7, 11) is 2.12. The third-order valence-electron chi connectivity index (χ3n) is 5.00. The van der Waals surface area contributed by atoms with E-state index in [4.69, 9.17) is 0 Å². The Kier molecular flexibility index (Phi) is 8.27. The van der Waals surface area contributed by atoms with Crippen molar-refractivity contribution in [3.63, 3.8) is 0 Å². The zero-order chi connectivity index (χ0) is 15.8. The summed E-state index contributed by atoms with van der Waals surface area (Å²) in [6.07, 6.45) is 6.08. The Labute approximate surface area is 131 Å². The molecule has 1 aliphatic carbocycles. The van der Waals surface area contributed by atoms with Crippen LogP contribution in [0.3, 0.4) is 0 Å². The smallest absolute Gasteiger partial charge is 0.239 e. The van der Waals surface area contributed by atoms with E-state index in [1.165, 1.54) is 32.1 Å². The van der Waals surface area contributed by atoms with Crippen molar-refractivity contribution in [1.29, 1.82) is 0 Å². The van der Waals surface area contributed by atoms with Crippen LogP contribution in [0.4, 0.5) is 0 Å². The monoisotopic (exact) mass is 297 g/mol. The summed E-state index contributed by atoms with van der Waals surface area (Å²) in [4.78, 5) is 16.7.